The zero-order valence-corrected chi connectivity index (χ0v) is 24.2. The van der Waals surface area contributed by atoms with E-state index in [4.69, 9.17) is 4.74 Å². The van der Waals surface area contributed by atoms with Gasteiger partial charge in [-0.05, 0) is 102 Å². The summed E-state index contributed by atoms with van der Waals surface area (Å²) in [6, 6.07) is 14.4. The summed E-state index contributed by atoms with van der Waals surface area (Å²) in [4.78, 5) is 42.0. The van der Waals surface area contributed by atoms with Crippen LogP contribution in [0.5, 0.6) is 0 Å². The fraction of sp³-hybridized carbons (Fsp3) is 0.375. The number of aliphatic hydroxyl groups is 1. The first kappa shape index (κ1) is 29.9. The van der Waals surface area contributed by atoms with Crippen molar-refractivity contribution in [2.24, 2.45) is 0 Å². The molecule has 4 rings (SSSR count). The van der Waals surface area contributed by atoms with Gasteiger partial charge in [-0.15, -0.1) is 0 Å². The van der Waals surface area contributed by atoms with Crippen molar-refractivity contribution in [2.75, 3.05) is 5.32 Å². The normalized spacial score (nSPS) is 14.6. The number of alkyl carbamates (subject to hydrolysis) is 1. The number of pyridine rings is 1. The molecule has 9 heteroatoms. The molecule has 0 bridgehead atoms. The third-order valence-corrected chi connectivity index (χ3v) is 6.95. The van der Waals surface area contributed by atoms with Gasteiger partial charge in [0.05, 0.1) is 23.3 Å². The summed E-state index contributed by atoms with van der Waals surface area (Å²) in [6.45, 7) is 10.5. The highest BCUT2D eigenvalue weighted by molar-refractivity contribution is 6.02. The number of hydrogen-bond donors (Lipinski definition) is 3. The molecule has 216 valence electrons. The molecule has 2 amide bonds. The average molecular weight is 562 g/mol. The molecule has 0 saturated heterocycles. The number of nitrogens with zero attached hydrogens (tertiary/aromatic N) is 1. The molecule has 1 aliphatic rings. The molecule has 1 aliphatic heterocycles. The van der Waals surface area contributed by atoms with Gasteiger partial charge in [0.1, 0.15) is 17.0 Å². The van der Waals surface area contributed by atoms with E-state index < -0.39 is 28.7 Å². The van der Waals surface area contributed by atoms with E-state index in [0.29, 0.717) is 33.8 Å². The van der Waals surface area contributed by atoms with Gasteiger partial charge in [-0.25, -0.2) is 14.2 Å². The first-order chi connectivity index (χ1) is 19.0. The molecule has 3 N–H and O–H groups in total. The SMILES string of the molecule is CC(C)(C)OC(=O)NC(C)(C)c1cc(-c2ccc(F)cc2)nc(C(C)(O)CCC(=O)c2ccc3c(c2)NC(=O)C3)c1. The van der Waals surface area contributed by atoms with Crippen LogP contribution in [0.15, 0.2) is 54.6 Å². The van der Waals surface area contributed by atoms with Crippen LogP contribution in [0.1, 0.15) is 81.6 Å². The fourth-order valence-corrected chi connectivity index (χ4v) is 4.58. The van der Waals surface area contributed by atoms with E-state index in [1.165, 1.54) is 12.1 Å². The molecular weight excluding hydrogens is 525 g/mol. The number of amides is 2. The molecule has 41 heavy (non-hydrogen) atoms. The highest BCUT2D eigenvalue weighted by atomic mass is 19.1. The van der Waals surface area contributed by atoms with Crippen LogP contribution < -0.4 is 10.6 Å². The number of anilines is 1. The quantitative estimate of drug-likeness (QED) is 0.290. The van der Waals surface area contributed by atoms with Gasteiger partial charge in [-0.3, -0.25) is 9.59 Å². The Labute approximate surface area is 239 Å². The van der Waals surface area contributed by atoms with Crippen molar-refractivity contribution in [3.8, 4) is 11.3 Å². The second kappa shape index (κ2) is 11.0. The Kier molecular flexibility index (Phi) is 8.05. The van der Waals surface area contributed by atoms with Crippen molar-refractivity contribution in [3.05, 3.63) is 82.8 Å². The standard InChI is InChI=1S/C32H36FN3O5/c1-30(2,3)41-29(39)36-31(4,5)22-17-25(19-9-11-23(33)12-10-19)34-27(18-22)32(6,40)14-13-26(37)21-8-7-20-16-28(38)35-24(20)15-21/h7-12,15,17-18,40H,13-14,16H2,1-6H3,(H,35,38)(H,36,39). The predicted molar refractivity (Wildman–Crippen MR) is 154 cm³/mol. The van der Waals surface area contributed by atoms with Crippen molar-refractivity contribution in [1.29, 1.82) is 0 Å². The number of fused-ring (bicyclic) bond motifs is 1. The van der Waals surface area contributed by atoms with Gasteiger partial charge in [0.15, 0.2) is 5.78 Å². The van der Waals surface area contributed by atoms with E-state index in [1.54, 1.807) is 84.0 Å². The number of nitrogens with one attached hydrogen (secondary N) is 2. The largest absolute Gasteiger partial charge is 0.444 e. The molecule has 2 aromatic carbocycles. The van der Waals surface area contributed by atoms with E-state index in [1.807, 2.05) is 0 Å². The van der Waals surface area contributed by atoms with Crippen LogP contribution in [0.4, 0.5) is 14.9 Å². The number of ether oxygens (including phenoxy) is 1. The maximum absolute atomic E-state index is 13.7. The Morgan fingerprint density at radius 1 is 1.02 bits per heavy atom. The van der Waals surface area contributed by atoms with Gasteiger partial charge in [0.2, 0.25) is 5.91 Å². The first-order valence-corrected chi connectivity index (χ1v) is 13.5. The third kappa shape index (κ3) is 7.35. The summed E-state index contributed by atoms with van der Waals surface area (Å²) in [6.07, 6.45) is -0.228. The van der Waals surface area contributed by atoms with Crippen molar-refractivity contribution >= 4 is 23.5 Å². The van der Waals surface area contributed by atoms with Gasteiger partial charge in [-0.1, -0.05) is 12.1 Å². The van der Waals surface area contributed by atoms with Gasteiger partial charge in [0, 0.05) is 23.2 Å². The van der Waals surface area contributed by atoms with Crippen LogP contribution in [0.25, 0.3) is 11.3 Å². The molecule has 1 unspecified atom stereocenters. The smallest absolute Gasteiger partial charge is 0.408 e. The maximum Gasteiger partial charge on any atom is 0.408 e. The molecule has 0 radical (unpaired) electrons. The Morgan fingerprint density at radius 2 is 1.71 bits per heavy atom. The van der Waals surface area contributed by atoms with Crippen LogP contribution in [-0.2, 0) is 27.1 Å². The molecule has 0 fully saturated rings. The van der Waals surface area contributed by atoms with Crippen molar-refractivity contribution < 1.29 is 28.6 Å². The lowest BCUT2D eigenvalue weighted by atomic mass is 9.87. The third-order valence-electron chi connectivity index (χ3n) is 6.95. The van der Waals surface area contributed by atoms with Gasteiger partial charge >= 0.3 is 6.09 Å². The number of rotatable bonds is 8. The number of benzene rings is 2. The number of hydrogen-bond acceptors (Lipinski definition) is 6. The fourth-order valence-electron chi connectivity index (χ4n) is 4.58. The van der Waals surface area contributed by atoms with Gasteiger partial charge in [-0.2, -0.15) is 0 Å². The van der Waals surface area contributed by atoms with E-state index in [2.05, 4.69) is 15.6 Å². The van der Waals surface area contributed by atoms with Gasteiger partial charge < -0.3 is 20.5 Å². The van der Waals surface area contributed by atoms with E-state index in [-0.39, 0.29) is 31.0 Å². The average Bonchev–Trinajstić information content (AvgIpc) is 3.25. The summed E-state index contributed by atoms with van der Waals surface area (Å²) in [7, 11) is 0. The van der Waals surface area contributed by atoms with E-state index in [9.17, 15) is 23.9 Å². The minimum Gasteiger partial charge on any atom is -0.444 e. The van der Waals surface area contributed by atoms with E-state index >= 15 is 0 Å². The predicted octanol–water partition coefficient (Wildman–Crippen LogP) is 6.01. The molecule has 0 saturated carbocycles. The molecule has 1 atom stereocenters. The zero-order valence-electron chi connectivity index (χ0n) is 24.2. The van der Waals surface area contributed by atoms with Crippen LogP contribution in [0, 0.1) is 5.82 Å². The highest BCUT2D eigenvalue weighted by Crippen LogP contribution is 2.33. The Hall–Kier alpha value is -4.11. The molecule has 0 aliphatic carbocycles. The zero-order chi connectivity index (χ0) is 30.2. The minimum atomic E-state index is -1.52. The summed E-state index contributed by atoms with van der Waals surface area (Å²) in [5, 5.41) is 17.2. The number of ketones is 1. The lowest BCUT2D eigenvalue weighted by Crippen LogP contribution is -2.44. The number of aromatic nitrogens is 1. The van der Waals surface area contributed by atoms with Crippen LogP contribution >= 0.6 is 0 Å². The highest BCUT2D eigenvalue weighted by Gasteiger charge is 2.32. The maximum atomic E-state index is 13.7. The first-order valence-electron chi connectivity index (χ1n) is 13.5. The minimum absolute atomic E-state index is 0.0249. The van der Waals surface area contributed by atoms with E-state index in [0.717, 1.165) is 5.56 Å². The number of halogens is 1. The molecule has 8 nitrogen and oxygen atoms in total. The second-order valence-corrected chi connectivity index (χ2v) is 12.2. The van der Waals surface area contributed by atoms with Crippen molar-refractivity contribution in [2.45, 2.75) is 77.5 Å². The lowest BCUT2D eigenvalue weighted by molar-refractivity contribution is -0.115. The van der Waals surface area contributed by atoms with Gasteiger partial charge in [0.25, 0.3) is 0 Å². The molecule has 0 spiro atoms. The summed E-state index contributed by atoms with van der Waals surface area (Å²) in [5.41, 5.74) is 0.786. The monoisotopic (exact) mass is 561 g/mol. The second-order valence-electron chi connectivity index (χ2n) is 12.2. The lowest BCUT2D eigenvalue weighted by Gasteiger charge is -2.31. The van der Waals surface area contributed by atoms with Crippen molar-refractivity contribution in [3.63, 3.8) is 0 Å². The summed E-state index contributed by atoms with van der Waals surface area (Å²) in [5.74, 6) is -0.690. The number of carbonyl (C=O) groups excluding carboxylic acids is 3. The molecule has 2 heterocycles. The van der Waals surface area contributed by atoms with Crippen molar-refractivity contribution in [1.82, 2.24) is 10.3 Å². The summed E-state index contributed by atoms with van der Waals surface area (Å²) < 4.78 is 19.1. The van der Waals surface area contributed by atoms with Crippen LogP contribution in [0.3, 0.4) is 0 Å². The van der Waals surface area contributed by atoms with Crippen LogP contribution in [0.2, 0.25) is 0 Å². The molecule has 1 aromatic heterocycles. The Balaban J connectivity index is 1.63. The summed E-state index contributed by atoms with van der Waals surface area (Å²) >= 11 is 0. The number of carbonyl (C=O) groups is 3. The Bertz CT molecular complexity index is 1490. The molecular formula is C32H36FN3O5. The Morgan fingerprint density at radius 3 is 2.37 bits per heavy atom. The molecule has 3 aromatic rings. The topological polar surface area (TPSA) is 118 Å². The van der Waals surface area contributed by atoms with Crippen LogP contribution in [-0.4, -0.2) is 33.5 Å². The number of Topliss-reactive ketones (excluding diaryl/α,β-unsaturated/α-hetero) is 1.